The van der Waals surface area contributed by atoms with E-state index in [9.17, 15) is 27.6 Å². The van der Waals surface area contributed by atoms with E-state index in [1.54, 1.807) is 44.7 Å². The number of halogens is 3. The van der Waals surface area contributed by atoms with Crippen LogP contribution in [0.25, 0.3) is 21.5 Å². The highest BCUT2D eigenvalue weighted by Crippen LogP contribution is 2.63. The molecule has 9 nitrogen and oxygen atoms in total. The van der Waals surface area contributed by atoms with Crippen LogP contribution in [-0.4, -0.2) is 62.4 Å². The van der Waals surface area contributed by atoms with Crippen molar-refractivity contribution in [2.45, 2.75) is 72.3 Å². The van der Waals surface area contributed by atoms with E-state index in [-0.39, 0.29) is 47.3 Å². The van der Waals surface area contributed by atoms with Gasteiger partial charge in [0, 0.05) is 35.8 Å². The van der Waals surface area contributed by atoms with Crippen molar-refractivity contribution in [1.82, 2.24) is 19.8 Å². The number of hydrogen-bond donors (Lipinski definition) is 1. The Labute approximate surface area is 256 Å². The smallest absolute Gasteiger partial charge is 0.433 e. The first-order valence-corrected chi connectivity index (χ1v) is 15.3. The van der Waals surface area contributed by atoms with Gasteiger partial charge in [-0.05, 0) is 63.3 Å². The summed E-state index contributed by atoms with van der Waals surface area (Å²) in [5.74, 6) is -0.972. The Morgan fingerprint density at radius 1 is 1.16 bits per heavy atom. The molecule has 0 radical (unpaired) electrons. The van der Waals surface area contributed by atoms with E-state index in [1.165, 1.54) is 22.4 Å². The Kier molecular flexibility index (Phi) is 6.99. The fourth-order valence-electron chi connectivity index (χ4n) is 6.34. The van der Waals surface area contributed by atoms with Crippen LogP contribution < -0.4 is 5.32 Å². The highest BCUT2D eigenvalue weighted by molar-refractivity contribution is 7.19. The van der Waals surface area contributed by atoms with E-state index >= 15 is 0 Å². The van der Waals surface area contributed by atoms with Crippen molar-refractivity contribution < 1.29 is 32.3 Å². The van der Waals surface area contributed by atoms with Crippen molar-refractivity contribution in [3.8, 4) is 11.3 Å². The number of nitrogens with zero attached hydrogens (tertiary/aromatic N) is 4. The molecule has 13 heteroatoms. The van der Waals surface area contributed by atoms with Gasteiger partial charge in [-0.25, -0.2) is 9.78 Å². The quantitative estimate of drug-likeness (QED) is 0.333. The van der Waals surface area contributed by atoms with Crippen molar-refractivity contribution >= 4 is 45.1 Å². The zero-order valence-electron chi connectivity index (χ0n) is 25.3. The fraction of sp³-hybridized carbons (Fsp3) is 0.516. The second-order valence-electron chi connectivity index (χ2n) is 13.4. The van der Waals surface area contributed by atoms with E-state index in [0.717, 1.165) is 6.07 Å². The van der Waals surface area contributed by atoms with Crippen molar-refractivity contribution in [2.24, 2.45) is 17.3 Å². The van der Waals surface area contributed by atoms with Gasteiger partial charge in [-0.15, -0.1) is 11.3 Å². The maximum Gasteiger partial charge on any atom is 0.433 e. The second-order valence-corrected chi connectivity index (χ2v) is 14.6. The molecule has 3 aromatic rings. The number of thiophene rings is 1. The molecule has 2 saturated heterocycles. The molecule has 3 unspecified atom stereocenters. The molecule has 3 aromatic heterocycles. The first-order chi connectivity index (χ1) is 20.5. The molecule has 3 amide bonds. The lowest BCUT2D eigenvalue weighted by atomic mass is 10.0. The molecule has 1 saturated carbocycles. The van der Waals surface area contributed by atoms with Gasteiger partial charge >= 0.3 is 12.3 Å². The number of anilines is 1. The molecule has 3 atom stereocenters. The molecular formula is C31H34F3N5O4S. The van der Waals surface area contributed by atoms with Gasteiger partial charge in [-0.1, -0.05) is 13.8 Å². The Morgan fingerprint density at radius 2 is 1.84 bits per heavy atom. The van der Waals surface area contributed by atoms with Gasteiger partial charge in [-0.2, -0.15) is 13.2 Å². The molecule has 0 aromatic carbocycles. The number of likely N-dealkylation sites (tertiary alicyclic amines) is 2. The van der Waals surface area contributed by atoms with Crippen LogP contribution in [0.3, 0.4) is 0 Å². The lowest BCUT2D eigenvalue weighted by molar-refractivity contribution is -0.144. The van der Waals surface area contributed by atoms with Gasteiger partial charge in [0.1, 0.15) is 11.3 Å². The van der Waals surface area contributed by atoms with Gasteiger partial charge in [0.05, 0.1) is 40.0 Å². The number of alkyl halides is 3. The summed E-state index contributed by atoms with van der Waals surface area (Å²) < 4.78 is 48.0. The Bertz CT molecular complexity index is 1670. The number of imide groups is 1. The number of aromatic nitrogens is 2. The zero-order valence-corrected chi connectivity index (χ0v) is 26.2. The van der Waals surface area contributed by atoms with Gasteiger partial charge in [-0.3, -0.25) is 19.5 Å². The number of amides is 3. The number of piperidine rings is 1. The molecule has 2 aliphatic heterocycles. The summed E-state index contributed by atoms with van der Waals surface area (Å²) in [7, 11) is 0. The van der Waals surface area contributed by atoms with Crippen molar-refractivity contribution in [3.63, 3.8) is 0 Å². The minimum Gasteiger partial charge on any atom is -0.444 e. The summed E-state index contributed by atoms with van der Waals surface area (Å²) in [6.07, 6.45) is -3.03. The third kappa shape index (κ3) is 5.28. The minimum atomic E-state index is -4.67. The summed E-state index contributed by atoms with van der Waals surface area (Å²) in [6.45, 7) is 11.6. The molecule has 234 valence electrons. The predicted molar refractivity (Wildman–Crippen MR) is 159 cm³/mol. The highest BCUT2D eigenvalue weighted by atomic mass is 32.1. The first-order valence-electron chi connectivity index (χ1n) is 14.5. The average molecular weight is 630 g/mol. The number of hydrogen-bond acceptors (Lipinski definition) is 8. The number of ether oxygens (including phenoxy) is 1. The Morgan fingerprint density at radius 3 is 2.48 bits per heavy atom. The molecular weight excluding hydrogens is 595 g/mol. The SMILES string of the molecule is Cc1cc(C(F)(F)F)nc(-c2ccnc3cc(CN4C(=O)C5C(C4=O)C5(C)C)sc23)c1NC1CCN(C(=O)OC(C)(C)C)C1. The monoisotopic (exact) mass is 629 g/mol. The fourth-order valence-corrected chi connectivity index (χ4v) is 7.45. The Hall–Kier alpha value is -3.74. The summed E-state index contributed by atoms with van der Waals surface area (Å²) >= 11 is 1.28. The van der Waals surface area contributed by atoms with Crippen molar-refractivity contribution in [1.29, 1.82) is 0 Å². The Balaban J connectivity index is 1.33. The van der Waals surface area contributed by atoms with Crippen LogP contribution in [0.4, 0.5) is 23.7 Å². The van der Waals surface area contributed by atoms with Crippen LogP contribution in [0.1, 0.15) is 57.2 Å². The van der Waals surface area contributed by atoms with Crippen LogP contribution in [-0.2, 0) is 27.0 Å². The predicted octanol–water partition coefficient (Wildman–Crippen LogP) is 6.25. The second kappa shape index (κ2) is 10.1. The van der Waals surface area contributed by atoms with Gasteiger partial charge in [0.2, 0.25) is 11.8 Å². The van der Waals surface area contributed by atoms with E-state index in [2.05, 4.69) is 15.3 Å². The molecule has 3 aliphatic rings. The topological polar surface area (TPSA) is 105 Å². The number of pyridine rings is 2. The number of rotatable bonds is 5. The average Bonchev–Trinajstić information content (AvgIpc) is 3.31. The first kappa shape index (κ1) is 30.3. The van der Waals surface area contributed by atoms with Crippen molar-refractivity contribution in [2.75, 3.05) is 18.4 Å². The maximum atomic E-state index is 14.0. The maximum absolute atomic E-state index is 14.0. The van der Waals surface area contributed by atoms with E-state index in [4.69, 9.17) is 4.74 Å². The van der Waals surface area contributed by atoms with Gasteiger partial charge in [0.25, 0.3) is 0 Å². The number of carbonyl (C=O) groups is 3. The number of nitrogens with one attached hydrogen (secondary N) is 1. The highest BCUT2D eigenvalue weighted by Gasteiger charge is 2.72. The summed E-state index contributed by atoms with van der Waals surface area (Å²) in [6, 6.07) is 4.17. The molecule has 1 aliphatic carbocycles. The van der Waals surface area contributed by atoms with Crippen LogP contribution >= 0.6 is 11.3 Å². The summed E-state index contributed by atoms with van der Waals surface area (Å²) in [4.78, 5) is 50.6. The molecule has 3 fully saturated rings. The number of carbonyl (C=O) groups excluding carboxylic acids is 3. The number of fused-ring (bicyclic) bond motifs is 2. The van der Waals surface area contributed by atoms with Crippen LogP contribution in [0, 0.1) is 24.2 Å². The van der Waals surface area contributed by atoms with E-state index < -0.39 is 23.6 Å². The molecule has 0 bridgehead atoms. The van der Waals surface area contributed by atoms with E-state index in [0.29, 0.717) is 51.4 Å². The molecule has 5 heterocycles. The molecule has 44 heavy (non-hydrogen) atoms. The molecule has 0 spiro atoms. The van der Waals surface area contributed by atoms with Gasteiger partial charge < -0.3 is 15.0 Å². The van der Waals surface area contributed by atoms with Crippen LogP contribution in [0.15, 0.2) is 24.4 Å². The number of aryl methyl sites for hydroxylation is 1. The normalized spacial score (nSPS) is 23.0. The molecule has 6 rings (SSSR count). The third-order valence-electron chi connectivity index (χ3n) is 8.62. The van der Waals surface area contributed by atoms with Gasteiger partial charge in [0.15, 0.2) is 0 Å². The summed E-state index contributed by atoms with van der Waals surface area (Å²) in [5, 5.41) is 3.37. The lowest BCUT2D eigenvalue weighted by Gasteiger charge is -2.25. The van der Waals surface area contributed by atoms with Crippen LogP contribution in [0.2, 0.25) is 0 Å². The largest absolute Gasteiger partial charge is 0.444 e. The standard InChI is InChI=1S/C31H34F3N5O4S/c1-15-11-20(31(32,33)34)37-24(23(15)36-16-8-10-38(13-16)28(42)43-29(2,3)4)18-7-9-35-19-12-17(44-25(18)19)14-39-26(40)21-22(27(39)41)30(21,5)6/h7,9,11-12,16,21-22,36H,8,10,13-14H2,1-6H3. The minimum absolute atomic E-state index is 0.0872. The van der Waals surface area contributed by atoms with E-state index in [1.807, 2.05) is 13.8 Å². The molecule has 1 N–H and O–H groups in total. The van der Waals surface area contributed by atoms with Crippen LogP contribution in [0.5, 0.6) is 0 Å². The lowest BCUT2D eigenvalue weighted by Crippen LogP contribution is -2.36. The van der Waals surface area contributed by atoms with Crippen molar-refractivity contribution in [3.05, 3.63) is 40.5 Å². The third-order valence-corrected chi connectivity index (χ3v) is 9.76. The summed E-state index contributed by atoms with van der Waals surface area (Å²) in [5.41, 5.74) is -0.0977. The zero-order chi connectivity index (χ0) is 31.9.